The third-order valence-corrected chi connectivity index (χ3v) is 3.79. The van der Waals surface area contributed by atoms with Crippen molar-refractivity contribution in [2.24, 2.45) is 5.41 Å². The number of amides is 1. The molecule has 2 rings (SSSR count). The predicted octanol–water partition coefficient (Wildman–Crippen LogP) is 3.41. The monoisotopic (exact) mass is 245 g/mol. The standard InChI is InChI=1S/C15H19NO2/c1-15(8-3-2-4-9-15)14(18)16-13-7-5-6-12(10-13)11-17/h5-7,10-11H,2-4,8-9H2,1H3,(H,16,18). The number of carbonyl (C=O) groups excluding carboxylic acids is 2. The van der Waals surface area contributed by atoms with Gasteiger partial charge < -0.3 is 5.32 Å². The molecule has 1 fully saturated rings. The summed E-state index contributed by atoms with van der Waals surface area (Å²) in [5.41, 5.74) is 1.04. The summed E-state index contributed by atoms with van der Waals surface area (Å²) < 4.78 is 0. The van der Waals surface area contributed by atoms with Gasteiger partial charge in [-0.25, -0.2) is 0 Å². The van der Waals surface area contributed by atoms with Crippen molar-refractivity contribution in [1.82, 2.24) is 0 Å². The second kappa shape index (κ2) is 5.34. The van der Waals surface area contributed by atoms with Gasteiger partial charge in [0.2, 0.25) is 5.91 Å². The fraction of sp³-hybridized carbons (Fsp3) is 0.467. The van der Waals surface area contributed by atoms with Gasteiger partial charge in [0.25, 0.3) is 0 Å². The fourth-order valence-corrected chi connectivity index (χ4v) is 2.53. The number of anilines is 1. The summed E-state index contributed by atoms with van der Waals surface area (Å²) in [6.45, 7) is 2.03. The Kier molecular flexibility index (Phi) is 3.80. The van der Waals surface area contributed by atoms with E-state index in [1.807, 2.05) is 13.0 Å². The van der Waals surface area contributed by atoms with E-state index in [9.17, 15) is 9.59 Å². The maximum Gasteiger partial charge on any atom is 0.230 e. The van der Waals surface area contributed by atoms with Gasteiger partial charge in [0.05, 0.1) is 0 Å². The molecule has 1 amide bonds. The molecule has 3 nitrogen and oxygen atoms in total. The van der Waals surface area contributed by atoms with Gasteiger partial charge in [0.1, 0.15) is 6.29 Å². The molecule has 0 saturated heterocycles. The molecule has 0 atom stereocenters. The second-order valence-electron chi connectivity index (χ2n) is 5.32. The summed E-state index contributed by atoms with van der Waals surface area (Å²) >= 11 is 0. The molecule has 1 N–H and O–H groups in total. The maximum absolute atomic E-state index is 12.3. The van der Waals surface area contributed by atoms with Gasteiger partial charge in [-0.1, -0.05) is 38.3 Å². The topological polar surface area (TPSA) is 46.2 Å². The third kappa shape index (κ3) is 2.78. The van der Waals surface area contributed by atoms with Crippen LogP contribution in [0.3, 0.4) is 0 Å². The van der Waals surface area contributed by atoms with E-state index in [2.05, 4.69) is 5.32 Å². The van der Waals surface area contributed by atoms with E-state index in [-0.39, 0.29) is 11.3 Å². The van der Waals surface area contributed by atoms with E-state index < -0.39 is 0 Å². The quantitative estimate of drug-likeness (QED) is 0.829. The Morgan fingerprint density at radius 2 is 2.00 bits per heavy atom. The van der Waals surface area contributed by atoms with Crippen LogP contribution >= 0.6 is 0 Å². The van der Waals surface area contributed by atoms with Crippen LogP contribution in [0.25, 0.3) is 0 Å². The van der Waals surface area contributed by atoms with E-state index in [4.69, 9.17) is 0 Å². The van der Waals surface area contributed by atoms with Crippen molar-refractivity contribution in [2.45, 2.75) is 39.0 Å². The molecule has 3 heteroatoms. The molecule has 0 radical (unpaired) electrons. The van der Waals surface area contributed by atoms with Crippen LogP contribution in [0.15, 0.2) is 24.3 Å². The molecule has 1 aliphatic rings. The molecule has 0 heterocycles. The van der Waals surface area contributed by atoms with Gasteiger partial charge in [0, 0.05) is 16.7 Å². The number of carbonyl (C=O) groups is 2. The third-order valence-electron chi connectivity index (χ3n) is 3.79. The molecular formula is C15H19NO2. The Labute approximate surface area is 108 Å². The van der Waals surface area contributed by atoms with Crippen molar-refractivity contribution in [3.63, 3.8) is 0 Å². The van der Waals surface area contributed by atoms with Crippen molar-refractivity contribution < 1.29 is 9.59 Å². The van der Waals surface area contributed by atoms with Gasteiger partial charge in [-0.05, 0) is 25.0 Å². The van der Waals surface area contributed by atoms with Crippen LogP contribution in [-0.4, -0.2) is 12.2 Å². The molecule has 0 unspecified atom stereocenters. The first-order chi connectivity index (χ1) is 8.64. The Bertz CT molecular complexity index is 448. The Balaban J connectivity index is 2.08. The van der Waals surface area contributed by atoms with Crippen LogP contribution < -0.4 is 5.32 Å². The number of nitrogens with one attached hydrogen (secondary N) is 1. The summed E-state index contributed by atoms with van der Waals surface area (Å²) in [6, 6.07) is 7.03. The summed E-state index contributed by atoms with van der Waals surface area (Å²) in [5.74, 6) is 0.0743. The van der Waals surface area contributed by atoms with Crippen molar-refractivity contribution in [1.29, 1.82) is 0 Å². The van der Waals surface area contributed by atoms with Crippen LogP contribution in [0.4, 0.5) is 5.69 Å². The predicted molar refractivity (Wildman–Crippen MR) is 71.7 cm³/mol. The van der Waals surface area contributed by atoms with Crippen LogP contribution in [0, 0.1) is 5.41 Å². The van der Waals surface area contributed by atoms with Crippen molar-refractivity contribution >= 4 is 17.9 Å². The minimum atomic E-state index is -0.255. The van der Waals surface area contributed by atoms with Gasteiger partial charge >= 0.3 is 0 Å². The number of aldehydes is 1. The van der Waals surface area contributed by atoms with Gasteiger partial charge in [-0.3, -0.25) is 9.59 Å². The highest BCUT2D eigenvalue weighted by Gasteiger charge is 2.34. The zero-order valence-electron chi connectivity index (χ0n) is 10.7. The SMILES string of the molecule is CC1(C(=O)Nc2cccc(C=O)c2)CCCCC1. The second-order valence-corrected chi connectivity index (χ2v) is 5.32. The zero-order chi connectivity index (χ0) is 13.0. The fourth-order valence-electron chi connectivity index (χ4n) is 2.53. The normalized spacial score (nSPS) is 18.1. The van der Waals surface area contributed by atoms with Gasteiger partial charge in [-0.2, -0.15) is 0 Å². The van der Waals surface area contributed by atoms with Gasteiger partial charge in [0.15, 0.2) is 0 Å². The van der Waals surface area contributed by atoms with Crippen LogP contribution in [0.1, 0.15) is 49.4 Å². The number of benzene rings is 1. The number of hydrogen-bond donors (Lipinski definition) is 1. The minimum absolute atomic E-state index is 0.0743. The maximum atomic E-state index is 12.3. The Hall–Kier alpha value is -1.64. The molecule has 0 aliphatic heterocycles. The Morgan fingerprint density at radius 3 is 2.67 bits per heavy atom. The molecular weight excluding hydrogens is 226 g/mol. The molecule has 1 aromatic carbocycles. The van der Waals surface area contributed by atoms with E-state index in [0.717, 1.165) is 32.0 Å². The molecule has 96 valence electrons. The lowest BCUT2D eigenvalue weighted by Gasteiger charge is -2.32. The molecule has 0 aromatic heterocycles. The first-order valence-electron chi connectivity index (χ1n) is 6.51. The highest BCUT2D eigenvalue weighted by molar-refractivity contribution is 5.95. The van der Waals surface area contributed by atoms with Crippen molar-refractivity contribution in [3.8, 4) is 0 Å². The van der Waals surface area contributed by atoms with Crippen LogP contribution in [-0.2, 0) is 4.79 Å². The molecule has 0 bridgehead atoms. The summed E-state index contributed by atoms with van der Waals surface area (Å²) in [6.07, 6.45) is 6.16. The summed E-state index contributed by atoms with van der Waals surface area (Å²) in [5, 5.41) is 2.93. The molecule has 18 heavy (non-hydrogen) atoms. The largest absolute Gasteiger partial charge is 0.326 e. The lowest BCUT2D eigenvalue weighted by atomic mass is 9.75. The van der Waals surface area contributed by atoms with Crippen molar-refractivity contribution in [2.75, 3.05) is 5.32 Å². The van der Waals surface area contributed by atoms with Crippen molar-refractivity contribution in [3.05, 3.63) is 29.8 Å². The average Bonchev–Trinajstić information content (AvgIpc) is 2.40. The molecule has 1 saturated carbocycles. The van der Waals surface area contributed by atoms with Crippen LogP contribution in [0.5, 0.6) is 0 Å². The first-order valence-corrected chi connectivity index (χ1v) is 6.51. The van der Waals surface area contributed by atoms with Gasteiger partial charge in [-0.15, -0.1) is 0 Å². The number of hydrogen-bond acceptors (Lipinski definition) is 2. The smallest absolute Gasteiger partial charge is 0.230 e. The summed E-state index contributed by atoms with van der Waals surface area (Å²) in [4.78, 5) is 23.0. The first kappa shape index (κ1) is 12.8. The number of rotatable bonds is 3. The van der Waals surface area contributed by atoms with E-state index in [1.54, 1.807) is 18.2 Å². The van der Waals surface area contributed by atoms with Crippen LogP contribution in [0.2, 0.25) is 0 Å². The molecule has 0 spiro atoms. The molecule has 1 aliphatic carbocycles. The zero-order valence-corrected chi connectivity index (χ0v) is 10.7. The van der Waals surface area contributed by atoms with E-state index in [1.165, 1.54) is 6.42 Å². The lowest BCUT2D eigenvalue weighted by Crippen LogP contribution is -2.35. The highest BCUT2D eigenvalue weighted by atomic mass is 16.2. The highest BCUT2D eigenvalue weighted by Crippen LogP contribution is 2.36. The van der Waals surface area contributed by atoms with E-state index in [0.29, 0.717) is 11.3 Å². The Morgan fingerprint density at radius 1 is 1.28 bits per heavy atom. The average molecular weight is 245 g/mol. The summed E-state index contributed by atoms with van der Waals surface area (Å²) in [7, 11) is 0. The minimum Gasteiger partial charge on any atom is -0.326 e. The lowest BCUT2D eigenvalue weighted by molar-refractivity contribution is -0.126. The van der Waals surface area contributed by atoms with E-state index >= 15 is 0 Å². The molecule has 1 aromatic rings.